The van der Waals surface area contributed by atoms with Crippen LogP contribution in [0, 0.1) is 11.3 Å². The number of hydrogen-bond donors (Lipinski definition) is 0. The molecule has 0 radical (unpaired) electrons. The summed E-state index contributed by atoms with van der Waals surface area (Å²) in [5.41, 5.74) is 2.85. The molecule has 1 heterocycles. The van der Waals surface area contributed by atoms with Crippen molar-refractivity contribution < 1.29 is 0 Å². The molecule has 0 bridgehead atoms. The van der Waals surface area contributed by atoms with Crippen LogP contribution in [0.1, 0.15) is 37.8 Å². The van der Waals surface area contributed by atoms with Crippen LogP contribution in [0.5, 0.6) is 0 Å². The lowest BCUT2D eigenvalue weighted by atomic mass is 9.97. The third-order valence-electron chi connectivity index (χ3n) is 3.51. The highest BCUT2D eigenvalue weighted by atomic mass is 16.1. The first-order valence-corrected chi connectivity index (χ1v) is 6.82. The SMILES string of the molecule is CCn1ccc(-c2ccc(C(C)C)cc2)c(C#N)c1=O. The standard InChI is InChI=1S/C17H18N2O/c1-4-19-10-9-15(16(11-18)17(19)20)14-7-5-13(6-8-14)12(2)3/h5-10,12H,4H2,1-3H3. The quantitative estimate of drug-likeness (QED) is 0.853. The van der Waals surface area contributed by atoms with Crippen molar-refractivity contribution in [2.75, 3.05) is 0 Å². The zero-order valence-electron chi connectivity index (χ0n) is 12.1. The molecule has 2 aromatic rings. The van der Waals surface area contributed by atoms with E-state index in [9.17, 15) is 10.1 Å². The first-order chi connectivity index (χ1) is 9.58. The van der Waals surface area contributed by atoms with Crippen LogP contribution in [-0.4, -0.2) is 4.57 Å². The van der Waals surface area contributed by atoms with E-state index in [1.54, 1.807) is 10.8 Å². The monoisotopic (exact) mass is 266 g/mol. The summed E-state index contributed by atoms with van der Waals surface area (Å²) in [4.78, 5) is 12.1. The molecule has 1 aromatic carbocycles. The van der Waals surface area contributed by atoms with Crippen LogP contribution in [-0.2, 0) is 6.54 Å². The highest BCUT2D eigenvalue weighted by molar-refractivity contribution is 5.70. The smallest absolute Gasteiger partial charge is 0.269 e. The molecule has 0 aliphatic heterocycles. The average Bonchev–Trinajstić information content (AvgIpc) is 2.47. The Bertz CT molecular complexity index is 703. The molecule has 102 valence electrons. The number of pyridine rings is 1. The molecule has 0 unspecified atom stereocenters. The van der Waals surface area contributed by atoms with Gasteiger partial charge in [0.25, 0.3) is 5.56 Å². The number of aromatic nitrogens is 1. The molecule has 0 amide bonds. The number of nitrogens with zero attached hydrogens (tertiary/aromatic N) is 2. The van der Waals surface area contributed by atoms with E-state index >= 15 is 0 Å². The van der Waals surface area contributed by atoms with Crippen molar-refractivity contribution in [3.8, 4) is 17.2 Å². The second-order valence-corrected chi connectivity index (χ2v) is 5.08. The van der Waals surface area contributed by atoms with Gasteiger partial charge in [-0.1, -0.05) is 38.1 Å². The zero-order chi connectivity index (χ0) is 14.7. The Labute approximate surface area is 119 Å². The Kier molecular flexibility index (Phi) is 4.05. The molecule has 0 saturated heterocycles. The minimum absolute atomic E-state index is 0.214. The highest BCUT2D eigenvalue weighted by Crippen LogP contribution is 2.23. The van der Waals surface area contributed by atoms with Gasteiger partial charge >= 0.3 is 0 Å². The maximum Gasteiger partial charge on any atom is 0.269 e. The summed E-state index contributed by atoms with van der Waals surface area (Å²) in [5, 5.41) is 9.26. The Morgan fingerprint density at radius 3 is 2.35 bits per heavy atom. The molecule has 0 aliphatic rings. The van der Waals surface area contributed by atoms with E-state index in [0.29, 0.717) is 18.0 Å². The Hall–Kier alpha value is -2.34. The van der Waals surface area contributed by atoms with Crippen molar-refractivity contribution in [3.63, 3.8) is 0 Å². The molecule has 1 aromatic heterocycles. The topological polar surface area (TPSA) is 45.8 Å². The van der Waals surface area contributed by atoms with Crippen molar-refractivity contribution in [2.45, 2.75) is 33.2 Å². The lowest BCUT2D eigenvalue weighted by Gasteiger charge is -2.09. The average molecular weight is 266 g/mol. The molecule has 3 nitrogen and oxygen atoms in total. The summed E-state index contributed by atoms with van der Waals surface area (Å²) < 4.78 is 1.55. The number of nitriles is 1. The summed E-state index contributed by atoms with van der Waals surface area (Å²) >= 11 is 0. The number of benzene rings is 1. The summed E-state index contributed by atoms with van der Waals surface area (Å²) in [6, 6.07) is 11.9. The van der Waals surface area contributed by atoms with Crippen molar-refractivity contribution in [2.24, 2.45) is 0 Å². The maximum absolute atomic E-state index is 12.1. The van der Waals surface area contributed by atoms with Gasteiger partial charge in [-0.2, -0.15) is 5.26 Å². The number of aryl methyl sites for hydroxylation is 1. The fourth-order valence-electron chi connectivity index (χ4n) is 2.22. The van der Waals surface area contributed by atoms with Crippen LogP contribution < -0.4 is 5.56 Å². The van der Waals surface area contributed by atoms with Crippen LogP contribution in [0.2, 0.25) is 0 Å². The van der Waals surface area contributed by atoms with Gasteiger partial charge in [-0.25, -0.2) is 0 Å². The van der Waals surface area contributed by atoms with E-state index in [-0.39, 0.29) is 11.1 Å². The molecular formula is C17H18N2O. The molecular weight excluding hydrogens is 248 g/mol. The van der Waals surface area contributed by atoms with Crippen LogP contribution >= 0.6 is 0 Å². The molecule has 20 heavy (non-hydrogen) atoms. The summed E-state index contributed by atoms with van der Waals surface area (Å²) in [6.07, 6.45) is 1.74. The van der Waals surface area contributed by atoms with Gasteiger partial charge in [0, 0.05) is 18.3 Å². The largest absolute Gasteiger partial charge is 0.315 e. The van der Waals surface area contributed by atoms with Crippen LogP contribution in [0.15, 0.2) is 41.3 Å². The number of rotatable bonds is 3. The van der Waals surface area contributed by atoms with E-state index in [1.807, 2.05) is 43.3 Å². The maximum atomic E-state index is 12.1. The molecule has 0 fully saturated rings. The summed E-state index contributed by atoms with van der Waals surface area (Å²) in [7, 11) is 0. The molecule has 0 spiro atoms. The summed E-state index contributed by atoms with van der Waals surface area (Å²) in [5.74, 6) is 0.465. The van der Waals surface area contributed by atoms with Crippen molar-refractivity contribution in [1.29, 1.82) is 5.26 Å². The number of hydrogen-bond acceptors (Lipinski definition) is 2. The van der Waals surface area contributed by atoms with Gasteiger partial charge in [0.2, 0.25) is 0 Å². The van der Waals surface area contributed by atoms with Crippen LogP contribution in [0.4, 0.5) is 0 Å². The van der Waals surface area contributed by atoms with E-state index in [1.165, 1.54) is 5.56 Å². The third-order valence-corrected chi connectivity index (χ3v) is 3.51. The second kappa shape index (κ2) is 5.75. The third kappa shape index (κ3) is 2.50. The molecule has 2 rings (SSSR count). The molecule has 3 heteroatoms. The highest BCUT2D eigenvalue weighted by Gasteiger charge is 2.11. The van der Waals surface area contributed by atoms with Gasteiger partial charge < -0.3 is 4.57 Å². The van der Waals surface area contributed by atoms with Gasteiger partial charge in [-0.05, 0) is 30.0 Å². The van der Waals surface area contributed by atoms with Gasteiger partial charge in [-0.15, -0.1) is 0 Å². The Morgan fingerprint density at radius 2 is 1.85 bits per heavy atom. The van der Waals surface area contributed by atoms with Gasteiger partial charge in [0.1, 0.15) is 11.6 Å². The predicted octanol–water partition coefficient (Wildman–Crippen LogP) is 3.53. The molecule has 0 saturated carbocycles. The molecule has 0 N–H and O–H groups in total. The van der Waals surface area contributed by atoms with Crippen LogP contribution in [0.3, 0.4) is 0 Å². The molecule has 0 atom stereocenters. The second-order valence-electron chi connectivity index (χ2n) is 5.08. The van der Waals surface area contributed by atoms with E-state index in [2.05, 4.69) is 13.8 Å². The predicted molar refractivity (Wildman–Crippen MR) is 80.6 cm³/mol. The van der Waals surface area contributed by atoms with Crippen molar-refractivity contribution in [3.05, 3.63) is 58.0 Å². The Morgan fingerprint density at radius 1 is 1.20 bits per heavy atom. The lowest BCUT2D eigenvalue weighted by Crippen LogP contribution is -2.21. The van der Waals surface area contributed by atoms with Crippen molar-refractivity contribution in [1.82, 2.24) is 4.57 Å². The van der Waals surface area contributed by atoms with E-state index < -0.39 is 0 Å². The normalized spacial score (nSPS) is 10.6. The fourth-order valence-corrected chi connectivity index (χ4v) is 2.22. The van der Waals surface area contributed by atoms with Gasteiger partial charge in [-0.3, -0.25) is 4.79 Å². The molecule has 0 aliphatic carbocycles. The fraction of sp³-hybridized carbons (Fsp3) is 0.294. The minimum atomic E-state index is -0.222. The van der Waals surface area contributed by atoms with Crippen LogP contribution in [0.25, 0.3) is 11.1 Å². The van der Waals surface area contributed by atoms with Gasteiger partial charge in [0.05, 0.1) is 0 Å². The first-order valence-electron chi connectivity index (χ1n) is 6.82. The minimum Gasteiger partial charge on any atom is -0.315 e. The zero-order valence-corrected chi connectivity index (χ0v) is 12.1. The lowest BCUT2D eigenvalue weighted by molar-refractivity contribution is 0.725. The van der Waals surface area contributed by atoms with E-state index in [0.717, 1.165) is 5.56 Å². The van der Waals surface area contributed by atoms with Crippen molar-refractivity contribution >= 4 is 0 Å². The van der Waals surface area contributed by atoms with E-state index in [4.69, 9.17) is 0 Å². The summed E-state index contributed by atoms with van der Waals surface area (Å²) in [6.45, 7) is 6.73. The van der Waals surface area contributed by atoms with Gasteiger partial charge in [0.15, 0.2) is 0 Å². The first kappa shape index (κ1) is 14.1. The Balaban J connectivity index is 2.56.